The maximum absolute atomic E-state index is 11.5. The van der Waals surface area contributed by atoms with E-state index in [4.69, 9.17) is 9.84 Å². The van der Waals surface area contributed by atoms with Crippen molar-refractivity contribution in [3.05, 3.63) is 12.2 Å². The van der Waals surface area contributed by atoms with Gasteiger partial charge in [-0.2, -0.15) is 0 Å². The predicted molar refractivity (Wildman–Crippen MR) is 72.2 cm³/mol. The predicted octanol–water partition coefficient (Wildman–Crippen LogP) is 3.22. The van der Waals surface area contributed by atoms with E-state index in [0.29, 0.717) is 0 Å². The van der Waals surface area contributed by atoms with E-state index in [0.717, 1.165) is 31.6 Å². The largest absolute Gasteiger partial charge is 0.459 e. The van der Waals surface area contributed by atoms with Crippen molar-refractivity contribution in [2.75, 3.05) is 6.61 Å². The lowest BCUT2D eigenvalue weighted by Crippen LogP contribution is -2.25. The lowest BCUT2D eigenvalue weighted by Gasteiger charge is -2.28. The molecule has 18 heavy (non-hydrogen) atoms. The van der Waals surface area contributed by atoms with Crippen LogP contribution in [0.15, 0.2) is 12.2 Å². The molecule has 0 radical (unpaired) electrons. The monoisotopic (exact) mass is 254 g/mol. The molecule has 0 aromatic rings. The van der Waals surface area contributed by atoms with Gasteiger partial charge in [-0.3, -0.25) is 0 Å². The summed E-state index contributed by atoms with van der Waals surface area (Å²) in [6.45, 7) is 5.39. The van der Waals surface area contributed by atoms with Crippen molar-refractivity contribution >= 4 is 5.97 Å². The summed E-state index contributed by atoms with van der Waals surface area (Å²) in [6, 6.07) is 0. The molecular weight excluding hydrogens is 228 g/mol. The van der Waals surface area contributed by atoms with E-state index >= 15 is 0 Å². The molecule has 0 aromatic heterocycles. The van der Waals surface area contributed by atoms with E-state index in [-0.39, 0.29) is 18.3 Å². The number of rotatable bonds is 7. The molecule has 1 rings (SSSR count). The summed E-state index contributed by atoms with van der Waals surface area (Å²) in [5, 5.41) is 8.80. The Hall–Kier alpha value is -0.830. The minimum atomic E-state index is -0.438. The maximum atomic E-state index is 11.5. The average Bonchev–Trinajstić information content (AvgIpc) is 2.40. The van der Waals surface area contributed by atoms with Gasteiger partial charge in [0.1, 0.15) is 6.10 Å². The highest BCUT2D eigenvalue weighted by atomic mass is 16.5. The number of carbonyl (C=O) groups excluding carboxylic acids is 1. The van der Waals surface area contributed by atoms with Crippen LogP contribution in [-0.4, -0.2) is 23.8 Å². The third-order valence-corrected chi connectivity index (χ3v) is 3.76. The maximum Gasteiger partial charge on any atom is 0.336 e. The molecular formula is C15H26O3. The molecule has 1 aliphatic rings. The number of aliphatic hydroxyl groups excluding tert-OH is 1. The van der Waals surface area contributed by atoms with Crippen molar-refractivity contribution in [2.24, 2.45) is 5.92 Å². The van der Waals surface area contributed by atoms with Gasteiger partial charge in [-0.15, -0.1) is 0 Å². The number of hydrogen-bond acceptors (Lipinski definition) is 3. The normalized spacial score (nSPS) is 23.7. The van der Waals surface area contributed by atoms with Gasteiger partial charge >= 0.3 is 5.97 Å². The van der Waals surface area contributed by atoms with Crippen LogP contribution in [0.25, 0.3) is 0 Å². The average molecular weight is 254 g/mol. The second-order valence-electron chi connectivity index (χ2n) is 5.31. The topological polar surface area (TPSA) is 46.5 Å². The Labute approximate surface area is 110 Å². The van der Waals surface area contributed by atoms with Gasteiger partial charge in [0, 0.05) is 0 Å². The lowest BCUT2D eigenvalue weighted by molar-refractivity contribution is -0.146. The zero-order valence-electron chi connectivity index (χ0n) is 11.5. The standard InChI is InChI=1S/C15H26O3/c1-3-4-5-6-13-7-9-14(10-8-13)18-15(17)12(2)11-16/h13-14,16H,2-11H2,1H3. The van der Waals surface area contributed by atoms with Crippen LogP contribution in [0.1, 0.15) is 58.3 Å². The Kier molecular flexibility index (Phi) is 7.02. The number of aliphatic hydroxyl groups is 1. The van der Waals surface area contributed by atoms with Gasteiger partial charge in [-0.25, -0.2) is 4.79 Å². The Morgan fingerprint density at radius 1 is 1.28 bits per heavy atom. The number of unbranched alkanes of at least 4 members (excludes halogenated alkanes) is 2. The Morgan fingerprint density at radius 3 is 2.50 bits per heavy atom. The lowest BCUT2D eigenvalue weighted by atomic mass is 9.84. The zero-order valence-corrected chi connectivity index (χ0v) is 11.5. The molecule has 0 aromatic carbocycles. The van der Waals surface area contributed by atoms with Crippen LogP contribution in [0, 0.1) is 5.92 Å². The van der Waals surface area contributed by atoms with E-state index in [1.54, 1.807) is 0 Å². The number of hydrogen-bond donors (Lipinski definition) is 1. The quantitative estimate of drug-likeness (QED) is 0.431. The number of carbonyl (C=O) groups is 1. The fourth-order valence-electron chi connectivity index (χ4n) is 2.52. The minimum Gasteiger partial charge on any atom is -0.459 e. The molecule has 1 aliphatic carbocycles. The van der Waals surface area contributed by atoms with Crippen molar-refractivity contribution in [3.63, 3.8) is 0 Å². The SMILES string of the molecule is C=C(CO)C(=O)OC1CCC(CCCCC)CC1. The third-order valence-electron chi connectivity index (χ3n) is 3.76. The Morgan fingerprint density at radius 2 is 1.94 bits per heavy atom. The van der Waals surface area contributed by atoms with Gasteiger partial charge in [-0.1, -0.05) is 39.2 Å². The van der Waals surface area contributed by atoms with Gasteiger partial charge in [0.05, 0.1) is 12.2 Å². The first kappa shape index (κ1) is 15.2. The molecule has 3 heteroatoms. The molecule has 0 aliphatic heterocycles. The summed E-state index contributed by atoms with van der Waals surface area (Å²) < 4.78 is 5.32. The van der Waals surface area contributed by atoms with Crippen molar-refractivity contribution in [3.8, 4) is 0 Å². The molecule has 0 heterocycles. The fraction of sp³-hybridized carbons (Fsp3) is 0.800. The van der Waals surface area contributed by atoms with Crippen molar-refractivity contribution in [1.82, 2.24) is 0 Å². The van der Waals surface area contributed by atoms with Gasteiger partial charge in [0.25, 0.3) is 0 Å². The first-order valence-electron chi connectivity index (χ1n) is 7.17. The second kappa shape index (κ2) is 8.30. The third kappa shape index (κ3) is 5.21. The first-order chi connectivity index (χ1) is 8.67. The summed E-state index contributed by atoms with van der Waals surface area (Å²) in [4.78, 5) is 11.5. The Balaban J connectivity index is 2.19. The van der Waals surface area contributed by atoms with Crippen LogP contribution < -0.4 is 0 Å². The first-order valence-corrected chi connectivity index (χ1v) is 7.17. The summed E-state index contributed by atoms with van der Waals surface area (Å²) in [5.41, 5.74) is 0.153. The minimum absolute atomic E-state index is 0.0308. The van der Waals surface area contributed by atoms with Crippen LogP contribution in [0.2, 0.25) is 0 Å². The molecule has 1 fully saturated rings. The highest BCUT2D eigenvalue weighted by molar-refractivity contribution is 5.88. The number of esters is 1. The van der Waals surface area contributed by atoms with E-state index in [1.165, 1.54) is 25.7 Å². The molecule has 1 N–H and O–H groups in total. The van der Waals surface area contributed by atoms with Crippen molar-refractivity contribution in [2.45, 2.75) is 64.4 Å². The van der Waals surface area contributed by atoms with Gasteiger partial charge in [0.2, 0.25) is 0 Å². The molecule has 0 atom stereocenters. The van der Waals surface area contributed by atoms with Crippen LogP contribution in [0.4, 0.5) is 0 Å². The van der Waals surface area contributed by atoms with Crippen LogP contribution in [0.5, 0.6) is 0 Å². The smallest absolute Gasteiger partial charge is 0.336 e. The molecule has 0 bridgehead atoms. The highest BCUT2D eigenvalue weighted by Gasteiger charge is 2.24. The van der Waals surface area contributed by atoms with Crippen LogP contribution in [-0.2, 0) is 9.53 Å². The summed E-state index contributed by atoms with van der Waals surface area (Å²) in [5.74, 6) is 0.375. The molecule has 3 nitrogen and oxygen atoms in total. The number of ether oxygens (including phenoxy) is 1. The second-order valence-corrected chi connectivity index (χ2v) is 5.31. The molecule has 0 unspecified atom stereocenters. The highest BCUT2D eigenvalue weighted by Crippen LogP contribution is 2.30. The summed E-state index contributed by atoms with van der Waals surface area (Å²) in [7, 11) is 0. The molecule has 104 valence electrons. The van der Waals surface area contributed by atoms with E-state index in [2.05, 4.69) is 13.5 Å². The zero-order chi connectivity index (χ0) is 13.4. The summed E-state index contributed by atoms with van der Waals surface area (Å²) >= 11 is 0. The fourth-order valence-corrected chi connectivity index (χ4v) is 2.52. The molecule has 0 saturated heterocycles. The van der Waals surface area contributed by atoms with Gasteiger partial charge in [0.15, 0.2) is 0 Å². The van der Waals surface area contributed by atoms with E-state index in [1.807, 2.05) is 0 Å². The van der Waals surface area contributed by atoms with Crippen molar-refractivity contribution in [1.29, 1.82) is 0 Å². The molecule has 0 amide bonds. The van der Waals surface area contributed by atoms with Gasteiger partial charge in [-0.05, 0) is 31.6 Å². The van der Waals surface area contributed by atoms with E-state index < -0.39 is 5.97 Å². The molecule has 1 saturated carbocycles. The van der Waals surface area contributed by atoms with E-state index in [9.17, 15) is 4.79 Å². The summed E-state index contributed by atoms with van der Waals surface area (Å²) in [6.07, 6.45) is 9.51. The molecule has 0 spiro atoms. The Bertz CT molecular complexity index is 265. The van der Waals surface area contributed by atoms with Gasteiger partial charge < -0.3 is 9.84 Å². The van der Waals surface area contributed by atoms with Crippen LogP contribution in [0.3, 0.4) is 0 Å². The van der Waals surface area contributed by atoms with Crippen molar-refractivity contribution < 1.29 is 14.6 Å². The van der Waals surface area contributed by atoms with Crippen LogP contribution >= 0.6 is 0 Å².